The molecule has 0 spiro atoms. The van der Waals surface area contributed by atoms with Crippen molar-refractivity contribution < 1.29 is 97.8 Å². The summed E-state index contributed by atoms with van der Waals surface area (Å²) in [6, 6.07) is 2.57. The van der Waals surface area contributed by atoms with Crippen LogP contribution >= 0.6 is 35.3 Å². The van der Waals surface area contributed by atoms with Crippen LogP contribution in [-0.2, 0) is 90.8 Å². The lowest BCUT2D eigenvalue weighted by molar-refractivity contribution is -0.148. The lowest BCUT2D eigenvalue weighted by Crippen LogP contribution is -2.62. The first-order chi connectivity index (χ1) is 51.1. The molecule has 0 aromatic heterocycles. The average molecular weight is 1560 g/mol. The lowest BCUT2D eigenvalue weighted by atomic mass is 10.0. The number of thioether (sulfide) groups is 3. The van der Waals surface area contributed by atoms with Crippen LogP contribution < -0.4 is 37.6 Å². The number of carbonyl (C=O) groups is 14. The molecule has 36 heteroatoms. The van der Waals surface area contributed by atoms with Gasteiger partial charge in [-0.25, -0.2) is 4.79 Å². The summed E-state index contributed by atoms with van der Waals surface area (Å²) in [6.07, 6.45) is 1.34. The van der Waals surface area contributed by atoms with E-state index in [1.54, 1.807) is 56.8 Å². The lowest BCUT2D eigenvalue weighted by Gasteiger charge is -2.33. The third kappa shape index (κ3) is 30.5. The summed E-state index contributed by atoms with van der Waals surface area (Å²) in [6.45, 7) is 3.44. The molecule has 107 heavy (non-hydrogen) atoms. The SMILES string of the molecule is CCCCCC(=O)N[C@H]1CSCc2cc(CSCCCC(=O)CN3CCN(CC(=O)O)CCN(CC(=O)O)CCN(CC(=O)O)CC3)cc(c2)CSC[C@@H](C(=O)N[C@@H](CO)C(=O)O)NC(=O)[C@H](Cc2ccccc2)NC(=O)[C@H](CCC(N)=O)NC(=O)[C@H]([C@@H](C)O)NC(=O)[C@@H]2CCCN2C(=O)[C@@H]2CCCN2C1=O. The number of aliphatic hydroxyl groups is 2. The van der Waals surface area contributed by atoms with E-state index in [2.05, 4.69) is 31.9 Å². The van der Waals surface area contributed by atoms with Crippen LogP contribution in [0.2, 0.25) is 0 Å². The van der Waals surface area contributed by atoms with E-state index in [-0.39, 0.29) is 158 Å². The van der Waals surface area contributed by atoms with Crippen molar-refractivity contribution in [2.75, 3.05) is 115 Å². The van der Waals surface area contributed by atoms with Crippen molar-refractivity contribution in [3.63, 3.8) is 0 Å². The highest BCUT2D eigenvalue weighted by Crippen LogP contribution is 2.29. The minimum atomic E-state index is -1.81. The molecule has 33 nitrogen and oxygen atoms in total. The Bertz CT molecular complexity index is 3350. The second kappa shape index (κ2) is 45.8. The van der Waals surface area contributed by atoms with Gasteiger partial charge >= 0.3 is 23.9 Å². The Labute approximate surface area is 635 Å². The number of aliphatic hydroxyl groups excluding tert-OH is 2. The standard InChI is InChI=1S/C71H105N13O20S3/c1-3-4-6-17-59(89)73-55-44-107-42-49-32-47(40-105-30-11-14-50(87)35-79-22-24-80(36-60(90)91)26-28-82(38-62(94)95)29-27-81(25-23-79)37-61(92)93)31-48(33-49)41-106-43-54(66(98)76-53(39-85)71(103)104)77-65(97)52(34-46-12-7-5-8-13-46)75-64(96)51(18-19-58(72)88)74-68(100)63(45(2)86)78-67(99)56-15-9-20-83(56)70(102)57-16-10-21-84(57)69(55)101/h5,7-8,12-13,31-33,45,51-57,63,85-86H,3-4,6,9-11,14-30,34-44H2,1-2H3,(H2,72,88)(H,73,89)(H,74,100)(H,75,96)(H,76,98)(H,77,97)(H,78,99)(H,90,91)(H,92,93)(H,94,95)(H,103,104)/t45-,51+,52+,53+,54+,55+,56+,57+,63+/m1/s1. The number of Topliss-reactive ketones (excluding diaryl/α,β-unsaturated/α-hetero) is 1. The molecule has 2 aromatic carbocycles. The molecule has 9 amide bonds. The number of aliphatic carboxylic acids is 4. The van der Waals surface area contributed by atoms with Gasteiger partial charge < -0.3 is 78.1 Å². The van der Waals surface area contributed by atoms with Gasteiger partial charge in [-0.1, -0.05) is 68.3 Å². The largest absolute Gasteiger partial charge is 0.480 e. The number of carboxylic acid groups (broad SMARTS) is 4. The van der Waals surface area contributed by atoms with E-state index in [9.17, 15) is 97.8 Å². The molecular weight excluding hydrogens is 1450 g/mol. The number of nitrogens with two attached hydrogens (primary N) is 1. The molecule has 3 fully saturated rings. The molecule has 9 atom stereocenters. The molecule has 0 radical (unpaired) electrons. The number of amides is 9. The van der Waals surface area contributed by atoms with Crippen LogP contribution in [0.4, 0.5) is 0 Å². The van der Waals surface area contributed by atoms with Gasteiger partial charge in [0.2, 0.25) is 53.2 Å². The topological polar surface area (TPSA) is 478 Å². The minimum Gasteiger partial charge on any atom is -0.480 e. The minimum absolute atomic E-state index is 0.00927. The zero-order valence-electron chi connectivity index (χ0n) is 60.7. The second-order valence-electron chi connectivity index (χ2n) is 27.3. The number of unbranched alkanes of at least 4 members (excludes halogenated alkanes) is 2. The van der Waals surface area contributed by atoms with Gasteiger partial charge in [0.15, 0.2) is 0 Å². The van der Waals surface area contributed by atoms with E-state index in [0.717, 1.165) is 29.5 Å². The van der Waals surface area contributed by atoms with Gasteiger partial charge in [0.05, 0.1) is 38.9 Å². The highest BCUT2D eigenvalue weighted by Gasteiger charge is 2.45. The zero-order chi connectivity index (χ0) is 78.1. The van der Waals surface area contributed by atoms with Gasteiger partial charge in [0.1, 0.15) is 54.1 Å². The molecule has 2 bridgehead atoms. The van der Waals surface area contributed by atoms with Crippen LogP contribution in [0.25, 0.3) is 0 Å². The normalized spacial score (nSPS) is 23.0. The maximum Gasteiger partial charge on any atom is 0.328 e. The quantitative estimate of drug-likeness (QED) is 0.0419. The van der Waals surface area contributed by atoms with Crippen molar-refractivity contribution in [1.29, 1.82) is 0 Å². The molecule has 3 saturated heterocycles. The number of benzene rings is 2. The van der Waals surface area contributed by atoms with Gasteiger partial charge in [0.25, 0.3) is 0 Å². The molecule has 6 rings (SSSR count). The number of carboxylic acids is 4. The number of carbonyl (C=O) groups excluding carboxylic acids is 10. The Morgan fingerprint density at radius 2 is 1.15 bits per heavy atom. The highest BCUT2D eigenvalue weighted by molar-refractivity contribution is 7.99. The molecule has 592 valence electrons. The van der Waals surface area contributed by atoms with Gasteiger partial charge in [-0.05, 0) is 79.9 Å². The van der Waals surface area contributed by atoms with Crippen molar-refractivity contribution in [2.45, 2.75) is 169 Å². The Kier molecular flexibility index (Phi) is 37.6. The summed E-state index contributed by atoms with van der Waals surface area (Å²) in [7, 11) is 0. The van der Waals surface area contributed by atoms with E-state index in [0.29, 0.717) is 42.8 Å². The average Bonchev–Trinajstić information content (AvgIpc) is 1.68. The fraction of sp³-hybridized carbons (Fsp3) is 0.634. The number of ketones is 1. The maximum absolute atomic E-state index is 15.0. The van der Waals surface area contributed by atoms with E-state index in [1.165, 1.54) is 40.2 Å². The van der Waals surface area contributed by atoms with Crippen LogP contribution in [0.15, 0.2) is 48.5 Å². The molecule has 4 aliphatic rings. The smallest absolute Gasteiger partial charge is 0.328 e. The predicted octanol–water partition coefficient (Wildman–Crippen LogP) is -1.34. The van der Waals surface area contributed by atoms with E-state index < -0.39 is 145 Å². The van der Waals surface area contributed by atoms with Crippen molar-refractivity contribution in [2.24, 2.45) is 5.73 Å². The van der Waals surface area contributed by atoms with Crippen molar-refractivity contribution >= 4 is 118 Å². The molecule has 2 aromatic rings. The first-order valence-electron chi connectivity index (χ1n) is 36.3. The fourth-order valence-corrected chi connectivity index (χ4v) is 15.9. The summed E-state index contributed by atoms with van der Waals surface area (Å²) in [4.78, 5) is 199. The number of rotatable bonds is 29. The molecule has 0 aliphatic carbocycles. The molecule has 4 heterocycles. The molecule has 0 saturated carbocycles. The van der Waals surface area contributed by atoms with Gasteiger partial charge in [0, 0.05) is 120 Å². The van der Waals surface area contributed by atoms with Gasteiger partial charge in [-0.15, -0.1) is 0 Å². The van der Waals surface area contributed by atoms with E-state index in [4.69, 9.17) is 5.73 Å². The summed E-state index contributed by atoms with van der Waals surface area (Å²) in [5, 5.41) is 75.5. The molecule has 0 unspecified atom stereocenters. The molecule has 4 aliphatic heterocycles. The van der Waals surface area contributed by atoms with Gasteiger partial charge in [-0.2, -0.15) is 35.3 Å². The van der Waals surface area contributed by atoms with Crippen molar-refractivity contribution in [3.05, 3.63) is 70.8 Å². The maximum atomic E-state index is 15.0. The Morgan fingerprint density at radius 1 is 0.607 bits per heavy atom. The summed E-state index contributed by atoms with van der Waals surface area (Å²) in [5.74, 6) is -10.9. The monoisotopic (exact) mass is 1560 g/mol. The van der Waals surface area contributed by atoms with Gasteiger partial charge in [-0.3, -0.25) is 81.9 Å². The van der Waals surface area contributed by atoms with Crippen LogP contribution in [0.3, 0.4) is 0 Å². The number of hydrogen-bond acceptors (Lipinski definition) is 23. The fourth-order valence-electron chi connectivity index (χ4n) is 13.0. The number of nitrogens with one attached hydrogen (secondary N) is 6. The van der Waals surface area contributed by atoms with E-state index in [1.807, 2.05) is 30.0 Å². The predicted molar refractivity (Wildman–Crippen MR) is 398 cm³/mol. The third-order valence-corrected chi connectivity index (χ3v) is 22.0. The number of nitrogens with zero attached hydrogens (tertiary/aromatic N) is 6. The molecule has 14 N–H and O–H groups in total. The Hall–Kier alpha value is -7.97. The van der Waals surface area contributed by atoms with Crippen molar-refractivity contribution in [3.8, 4) is 0 Å². The van der Waals surface area contributed by atoms with Crippen molar-refractivity contribution in [1.82, 2.24) is 61.3 Å². The van der Waals surface area contributed by atoms with E-state index >= 15 is 0 Å². The number of fused-ring (bicyclic) bond motifs is 4. The first-order valence-corrected chi connectivity index (χ1v) is 39.8. The summed E-state index contributed by atoms with van der Waals surface area (Å²) >= 11 is 4.06. The van der Waals surface area contributed by atoms with Crippen LogP contribution in [0.5, 0.6) is 0 Å². The number of primary amides is 1. The van der Waals surface area contributed by atoms with Crippen LogP contribution in [0, 0.1) is 0 Å². The second-order valence-corrected chi connectivity index (χ2v) is 30.5. The molecular formula is C71H105N13O20S3. The van der Waals surface area contributed by atoms with Crippen LogP contribution in [-0.4, -0.2) is 313 Å². The first kappa shape index (κ1) is 87.9. The highest BCUT2D eigenvalue weighted by atomic mass is 32.2. The number of hydrogen-bond donors (Lipinski definition) is 13. The third-order valence-electron chi connectivity index (χ3n) is 18.7. The zero-order valence-corrected chi connectivity index (χ0v) is 63.2. The summed E-state index contributed by atoms with van der Waals surface area (Å²) in [5.41, 5.74) is 8.39. The Morgan fingerprint density at radius 3 is 1.69 bits per heavy atom. The van der Waals surface area contributed by atoms with Crippen LogP contribution in [0.1, 0.15) is 113 Å². The summed E-state index contributed by atoms with van der Waals surface area (Å²) < 4.78 is 0. The Balaban J connectivity index is 1.32.